The first-order chi connectivity index (χ1) is 21.7. The van der Waals surface area contributed by atoms with Crippen molar-refractivity contribution in [3.05, 3.63) is 47.1 Å². The van der Waals surface area contributed by atoms with Crippen LogP contribution in [-0.4, -0.2) is 74.8 Å². The van der Waals surface area contributed by atoms with Gasteiger partial charge in [0.25, 0.3) is 5.92 Å². The third-order valence-corrected chi connectivity index (χ3v) is 12.8. The molecule has 0 spiro atoms. The fraction of sp³-hybridized carbons (Fsp3) is 0.581. The number of halogens is 3. The number of carbonyl (C=O) groups excluding carboxylic acids is 2. The molecule has 11 nitrogen and oxygen atoms in total. The Morgan fingerprint density at radius 1 is 1.11 bits per heavy atom. The fourth-order valence-corrected chi connectivity index (χ4v) is 9.83. The van der Waals surface area contributed by atoms with Crippen LogP contribution in [0.15, 0.2) is 41.3 Å². The lowest BCUT2D eigenvalue weighted by Gasteiger charge is -2.39. The zero-order valence-corrected chi connectivity index (χ0v) is 27.1. The maximum atomic E-state index is 16.6. The number of amides is 2. The Hall–Kier alpha value is -2.91. The molecule has 2 aromatic rings. The molecule has 1 aromatic heterocycles. The lowest BCUT2D eigenvalue weighted by molar-refractivity contribution is -0.130. The van der Waals surface area contributed by atoms with E-state index in [0.29, 0.717) is 38.0 Å². The predicted molar refractivity (Wildman–Crippen MR) is 170 cm³/mol. The van der Waals surface area contributed by atoms with E-state index in [4.69, 9.17) is 28.8 Å². The van der Waals surface area contributed by atoms with Crippen molar-refractivity contribution in [1.29, 1.82) is 0 Å². The smallest absolute Gasteiger partial charge is 0.279 e. The van der Waals surface area contributed by atoms with E-state index in [2.05, 4.69) is 4.98 Å². The Balaban J connectivity index is 1.17. The molecule has 2 saturated heterocycles. The first-order valence-electron chi connectivity index (χ1n) is 15.7. The lowest BCUT2D eigenvalue weighted by Crippen LogP contribution is -2.49. The van der Waals surface area contributed by atoms with Gasteiger partial charge in [0.15, 0.2) is 0 Å². The number of rotatable bonds is 10. The van der Waals surface area contributed by atoms with E-state index in [1.807, 2.05) is 0 Å². The van der Waals surface area contributed by atoms with Gasteiger partial charge in [0, 0.05) is 61.9 Å². The third-order valence-electron chi connectivity index (χ3n) is 10.7. The number of sulfonamides is 1. The summed E-state index contributed by atoms with van der Waals surface area (Å²) in [6.45, 7) is 1.44. The molecule has 2 amide bonds. The Labute approximate surface area is 272 Å². The fourth-order valence-electron chi connectivity index (χ4n) is 8.20. The lowest BCUT2D eigenvalue weighted by atomic mass is 9.69. The number of piperazine rings is 1. The molecule has 6 rings (SSSR count). The average Bonchev–Trinajstić information content (AvgIpc) is 3.71. The molecule has 1 aromatic carbocycles. The van der Waals surface area contributed by atoms with Gasteiger partial charge in [-0.3, -0.25) is 9.59 Å². The minimum atomic E-state index is -3.85. The van der Waals surface area contributed by atoms with Crippen LogP contribution in [0.25, 0.3) is 0 Å². The minimum absolute atomic E-state index is 0.0201. The molecule has 3 heterocycles. The number of pyridine rings is 1. The van der Waals surface area contributed by atoms with Crippen molar-refractivity contribution >= 4 is 44.9 Å². The van der Waals surface area contributed by atoms with Crippen molar-refractivity contribution in [3.63, 3.8) is 0 Å². The zero-order chi connectivity index (χ0) is 33.1. The molecule has 2 aliphatic heterocycles. The van der Waals surface area contributed by atoms with Crippen LogP contribution < -0.4 is 27.0 Å². The highest BCUT2D eigenvalue weighted by atomic mass is 35.5. The van der Waals surface area contributed by atoms with Gasteiger partial charge in [-0.1, -0.05) is 11.6 Å². The molecule has 4 atom stereocenters. The van der Waals surface area contributed by atoms with Gasteiger partial charge in [-0.05, 0) is 87.4 Å². The van der Waals surface area contributed by atoms with Crippen LogP contribution in [0, 0.1) is 16.7 Å². The molecule has 2 aliphatic carbocycles. The standard InChI is InChI=1S/C31H40ClF2N7O4S/c32-25-14-21(31(33,34)29-7-8-30(19-29,28(37)43)20(17-29)2-1-9-35)15-26(38-25)39-10-12-40(13-11-39)46(44,45)24-5-3-23(4-6-24)41-18-22(36)16-27(41)42/h3-6,14-15,20,22H,1-2,7-13,16-19,35-36H2,(H2,37,43)/t20?,22-,29?,30?/m1/s1. The van der Waals surface area contributed by atoms with E-state index in [-0.39, 0.29) is 91.2 Å². The van der Waals surface area contributed by atoms with Crippen LogP contribution in [0.2, 0.25) is 5.15 Å². The number of primary amides is 1. The Morgan fingerprint density at radius 3 is 2.41 bits per heavy atom. The number of aromatic nitrogens is 1. The summed E-state index contributed by atoms with van der Waals surface area (Å²) >= 11 is 6.32. The predicted octanol–water partition coefficient (Wildman–Crippen LogP) is 2.80. The number of anilines is 2. The van der Waals surface area contributed by atoms with Gasteiger partial charge in [-0.15, -0.1) is 0 Å². The maximum absolute atomic E-state index is 16.6. The number of benzene rings is 1. The van der Waals surface area contributed by atoms with Gasteiger partial charge in [0.2, 0.25) is 21.8 Å². The molecule has 4 aliphatic rings. The van der Waals surface area contributed by atoms with Crippen LogP contribution in [-0.2, 0) is 25.5 Å². The zero-order valence-electron chi connectivity index (χ0n) is 25.5. The average molecular weight is 680 g/mol. The summed E-state index contributed by atoms with van der Waals surface area (Å²) in [5, 5.41) is -0.0898. The molecule has 250 valence electrons. The highest BCUT2D eigenvalue weighted by molar-refractivity contribution is 7.89. The molecule has 0 radical (unpaired) electrons. The van der Waals surface area contributed by atoms with Crippen LogP contribution >= 0.6 is 11.6 Å². The van der Waals surface area contributed by atoms with Crippen LogP contribution in [0.3, 0.4) is 0 Å². The monoisotopic (exact) mass is 679 g/mol. The molecular weight excluding hydrogens is 640 g/mol. The second-order valence-corrected chi connectivity index (χ2v) is 15.6. The van der Waals surface area contributed by atoms with Crippen LogP contribution in [0.1, 0.15) is 50.5 Å². The summed E-state index contributed by atoms with van der Waals surface area (Å²) in [6, 6.07) is 8.41. The molecule has 6 N–H and O–H groups in total. The molecule has 46 heavy (non-hydrogen) atoms. The Morgan fingerprint density at radius 2 is 1.80 bits per heavy atom. The van der Waals surface area contributed by atoms with Crippen molar-refractivity contribution < 1.29 is 26.8 Å². The van der Waals surface area contributed by atoms with Crippen molar-refractivity contribution in [2.45, 2.75) is 61.8 Å². The second-order valence-electron chi connectivity index (χ2n) is 13.3. The number of carbonyl (C=O) groups is 2. The number of hydrogen-bond acceptors (Lipinski definition) is 8. The van der Waals surface area contributed by atoms with Crippen molar-refractivity contribution in [2.75, 3.05) is 49.1 Å². The Kier molecular flexibility index (Phi) is 8.58. The van der Waals surface area contributed by atoms with Gasteiger partial charge in [-0.2, -0.15) is 4.31 Å². The minimum Gasteiger partial charge on any atom is -0.369 e. The largest absolute Gasteiger partial charge is 0.369 e. The molecular formula is C31H40ClF2N7O4S. The summed E-state index contributed by atoms with van der Waals surface area (Å²) < 4.78 is 61.4. The van der Waals surface area contributed by atoms with Crippen LogP contribution in [0.4, 0.5) is 20.3 Å². The number of alkyl halides is 2. The normalized spacial score (nSPS) is 28.8. The van der Waals surface area contributed by atoms with Gasteiger partial charge >= 0.3 is 0 Å². The Bertz CT molecular complexity index is 1620. The van der Waals surface area contributed by atoms with Gasteiger partial charge in [-0.25, -0.2) is 22.2 Å². The summed E-state index contributed by atoms with van der Waals surface area (Å²) in [4.78, 5) is 32.5. The van der Waals surface area contributed by atoms with E-state index in [9.17, 15) is 18.0 Å². The van der Waals surface area contributed by atoms with Gasteiger partial charge in [0.05, 0.1) is 10.3 Å². The molecule has 3 unspecified atom stereocenters. The molecule has 4 fully saturated rings. The van der Waals surface area contributed by atoms with E-state index >= 15 is 8.78 Å². The number of nitrogens with two attached hydrogens (primary N) is 3. The summed E-state index contributed by atoms with van der Waals surface area (Å²) in [6.07, 6.45) is 2.15. The van der Waals surface area contributed by atoms with E-state index in [1.165, 1.54) is 28.6 Å². The highest BCUT2D eigenvalue weighted by Crippen LogP contribution is 2.72. The van der Waals surface area contributed by atoms with Crippen LogP contribution in [0.5, 0.6) is 0 Å². The van der Waals surface area contributed by atoms with Gasteiger partial charge < -0.3 is 27.0 Å². The van der Waals surface area contributed by atoms with E-state index < -0.39 is 32.7 Å². The first-order valence-corrected chi connectivity index (χ1v) is 17.5. The summed E-state index contributed by atoms with van der Waals surface area (Å²) in [7, 11) is -3.85. The highest BCUT2D eigenvalue weighted by Gasteiger charge is 2.70. The third kappa shape index (κ3) is 5.45. The summed E-state index contributed by atoms with van der Waals surface area (Å²) in [5.74, 6) is -3.94. The number of nitrogens with zero attached hydrogens (tertiary/aromatic N) is 4. The van der Waals surface area contributed by atoms with Crippen molar-refractivity contribution in [2.24, 2.45) is 33.9 Å². The van der Waals surface area contributed by atoms with E-state index in [0.717, 1.165) is 0 Å². The van der Waals surface area contributed by atoms with E-state index in [1.54, 1.807) is 21.9 Å². The second kappa shape index (κ2) is 12.0. The SMILES string of the molecule is NCCCC1CC2(C(F)(F)c3cc(Cl)nc(N4CCN(S(=O)(=O)c5ccc(N6C[C@H](N)CC6=O)cc5)CC4)c3)CCC1(C(N)=O)C2. The maximum Gasteiger partial charge on any atom is 0.279 e. The first kappa shape index (κ1) is 33.0. The topological polar surface area (TPSA) is 169 Å². The molecule has 2 bridgehead atoms. The van der Waals surface area contributed by atoms with Crippen molar-refractivity contribution in [3.8, 4) is 0 Å². The molecule has 15 heteroatoms. The quantitative estimate of drug-likeness (QED) is 0.322. The molecule has 2 saturated carbocycles. The number of fused-ring (bicyclic) bond motifs is 2. The van der Waals surface area contributed by atoms with Crippen molar-refractivity contribution in [1.82, 2.24) is 9.29 Å². The number of hydrogen-bond donors (Lipinski definition) is 3. The van der Waals surface area contributed by atoms with Gasteiger partial charge in [0.1, 0.15) is 11.0 Å². The summed E-state index contributed by atoms with van der Waals surface area (Å²) in [5.41, 5.74) is 15.3.